The van der Waals surface area contributed by atoms with Gasteiger partial charge >= 0.3 is 0 Å². The summed E-state index contributed by atoms with van der Waals surface area (Å²) >= 11 is 1.72. The van der Waals surface area contributed by atoms with E-state index >= 15 is 0 Å². The van der Waals surface area contributed by atoms with Gasteiger partial charge in [-0.3, -0.25) is 0 Å². The average Bonchev–Trinajstić information content (AvgIpc) is 2.74. The van der Waals surface area contributed by atoms with E-state index in [0.717, 1.165) is 0 Å². The van der Waals surface area contributed by atoms with E-state index < -0.39 is 0 Å². The van der Waals surface area contributed by atoms with Gasteiger partial charge in [-0.25, -0.2) is 0 Å². The van der Waals surface area contributed by atoms with Crippen molar-refractivity contribution in [3.05, 3.63) is 12.2 Å². The maximum Gasteiger partial charge on any atom is 0.137 e. The zero-order chi connectivity index (χ0) is 9.68. The molecule has 0 bridgehead atoms. The molecule has 0 radical (unpaired) electrons. The van der Waals surface area contributed by atoms with Crippen LogP contribution >= 0.6 is 11.9 Å². The fourth-order valence-electron chi connectivity index (χ4n) is 1.55. The summed E-state index contributed by atoms with van der Waals surface area (Å²) in [6.07, 6.45) is 6.78. The van der Waals surface area contributed by atoms with Gasteiger partial charge in [0, 0.05) is 18.5 Å². The van der Waals surface area contributed by atoms with E-state index in [4.69, 9.17) is 0 Å². The highest BCUT2D eigenvalue weighted by Crippen LogP contribution is 2.34. The molecule has 0 amide bonds. The number of allylic oxidation sites excluding steroid dienone is 1. The first kappa shape index (κ1) is 10.6. The fourth-order valence-corrected chi connectivity index (χ4v) is 2.54. The zero-order valence-corrected chi connectivity index (χ0v) is 9.47. The second kappa shape index (κ2) is 5.32. The number of rotatable bonds is 1. The molecule has 0 aromatic heterocycles. The highest BCUT2D eigenvalue weighted by Gasteiger charge is 2.31. The first-order valence-corrected chi connectivity index (χ1v) is 5.88. The van der Waals surface area contributed by atoms with Crippen LogP contribution in [0.3, 0.4) is 0 Å². The van der Waals surface area contributed by atoms with Crippen LogP contribution in [0.1, 0.15) is 33.6 Å². The predicted octanol–water partition coefficient (Wildman–Crippen LogP) is 3.07. The molecule has 0 saturated carbocycles. The van der Waals surface area contributed by atoms with Gasteiger partial charge in [0.2, 0.25) is 0 Å². The SMILES string of the molecule is C/C=C/C1=NSC2CCCN12.CC. The summed E-state index contributed by atoms with van der Waals surface area (Å²) in [4.78, 5) is 2.39. The summed E-state index contributed by atoms with van der Waals surface area (Å²) in [5.74, 6) is 1.17. The molecular weight excluding hydrogens is 180 g/mol. The molecule has 1 saturated heterocycles. The van der Waals surface area contributed by atoms with Crippen molar-refractivity contribution in [2.24, 2.45) is 4.40 Å². The lowest BCUT2D eigenvalue weighted by Gasteiger charge is -2.15. The molecule has 0 spiro atoms. The van der Waals surface area contributed by atoms with E-state index in [1.165, 1.54) is 25.2 Å². The molecule has 2 aliphatic rings. The third-order valence-electron chi connectivity index (χ3n) is 2.08. The van der Waals surface area contributed by atoms with Crippen molar-refractivity contribution in [2.45, 2.75) is 39.0 Å². The van der Waals surface area contributed by atoms with Crippen LogP contribution in [-0.4, -0.2) is 22.7 Å². The van der Waals surface area contributed by atoms with Crippen LogP contribution in [0, 0.1) is 0 Å². The Morgan fingerprint density at radius 2 is 2.31 bits per heavy atom. The minimum absolute atomic E-state index is 0.654. The molecule has 13 heavy (non-hydrogen) atoms. The van der Waals surface area contributed by atoms with Crippen molar-refractivity contribution in [3.63, 3.8) is 0 Å². The number of fused-ring (bicyclic) bond motifs is 1. The minimum atomic E-state index is 0.654. The van der Waals surface area contributed by atoms with Crippen molar-refractivity contribution in [2.75, 3.05) is 6.54 Å². The second-order valence-corrected chi connectivity index (χ2v) is 3.78. The smallest absolute Gasteiger partial charge is 0.137 e. The number of hydrogen-bond acceptors (Lipinski definition) is 3. The van der Waals surface area contributed by atoms with Gasteiger partial charge in [0.05, 0.1) is 5.37 Å². The van der Waals surface area contributed by atoms with Crippen LogP contribution in [0.25, 0.3) is 0 Å². The van der Waals surface area contributed by atoms with Crippen molar-refractivity contribution >= 4 is 17.8 Å². The topological polar surface area (TPSA) is 15.6 Å². The lowest BCUT2D eigenvalue weighted by molar-refractivity contribution is 0.502. The van der Waals surface area contributed by atoms with Crippen LogP contribution in [0.5, 0.6) is 0 Å². The van der Waals surface area contributed by atoms with Gasteiger partial charge < -0.3 is 4.90 Å². The number of amidine groups is 1. The van der Waals surface area contributed by atoms with Crippen LogP contribution in [0.15, 0.2) is 16.5 Å². The van der Waals surface area contributed by atoms with Crippen LogP contribution < -0.4 is 0 Å². The molecule has 2 rings (SSSR count). The molecule has 1 atom stereocenters. The van der Waals surface area contributed by atoms with Gasteiger partial charge in [0.1, 0.15) is 5.84 Å². The molecule has 2 nitrogen and oxygen atoms in total. The zero-order valence-electron chi connectivity index (χ0n) is 8.66. The Balaban J connectivity index is 0.000000396. The predicted molar refractivity (Wildman–Crippen MR) is 60.9 cm³/mol. The number of nitrogens with zero attached hydrogens (tertiary/aromatic N) is 2. The van der Waals surface area contributed by atoms with Crippen LogP contribution in [-0.2, 0) is 0 Å². The Morgan fingerprint density at radius 3 is 3.00 bits per heavy atom. The third-order valence-corrected chi connectivity index (χ3v) is 3.10. The summed E-state index contributed by atoms with van der Waals surface area (Å²) in [6, 6.07) is 0. The van der Waals surface area contributed by atoms with Gasteiger partial charge in [-0.2, -0.15) is 4.40 Å². The maximum atomic E-state index is 4.38. The minimum Gasteiger partial charge on any atom is -0.342 e. The summed E-state index contributed by atoms with van der Waals surface area (Å²) in [5, 5.41) is 0.654. The van der Waals surface area contributed by atoms with Crippen molar-refractivity contribution in [1.29, 1.82) is 0 Å². The molecule has 1 fully saturated rings. The molecule has 2 aliphatic heterocycles. The first-order chi connectivity index (χ1) is 6.42. The highest BCUT2D eigenvalue weighted by atomic mass is 32.2. The van der Waals surface area contributed by atoms with Gasteiger partial charge in [0.25, 0.3) is 0 Å². The van der Waals surface area contributed by atoms with Crippen molar-refractivity contribution in [3.8, 4) is 0 Å². The van der Waals surface area contributed by atoms with E-state index in [1.807, 2.05) is 20.8 Å². The Morgan fingerprint density at radius 1 is 1.54 bits per heavy atom. The third kappa shape index (κ3) is 2.27. The first-order valence-electron chi connectivity index (χ1n) is 5.05. The highest BCUT2D eigenvalue weighted by molar-refractivity contribution is 7.99. The largest absolute Gasteiger partial charge is 0.342 e. The van der Waals surface area contributed by atoms with Gasteiger partial charge in [0.15, 0.2) is 0 Å². The summed E-state index contributed by atoms with van der Waals surface area (Å²) in [7, 11) is 0. The monoisotopic (exact) mass is 198 g/mol. The molecule has 0 aliphatic carbocycles. The number of hydrogen-bond donors (Lipinski definition) is 0. The Hall–Kier alpha value is -0.440. The molecule has 0 N–H and O–H groups in total. The van der Waals surface area contributed by atoms with E-state index in [1.54, 1.807) is 11.9 Å². The van der Waals surface area contributed by atoms with Gasteiger partial charge in [-0.05, 0) is 25.8 Å². The van der Waals surface area contributed by atoms with Gasteiger partial charge in [-0.15, -0.1) is 0 Å². The normalized spacial score (nSPS) is 25.6. The molecule has 2 heterocycles. The summed E-state index contributed by atoms with van der Waals surface area (Å²) in [6.45, 7) is 7.23. The van der Waals surface area contributed by atoms with E-state index in [0.29, 0.717) is 5.37 Å². The van der Waals surface area contributed by atoms with Crippen molar-refractivity contribution < 1.29 is 0 Å². The lowest BCUT2D eigenvalue weighted by atomic mass is 10.4. The quantitative estimate of drug-likeness (QED) is 0.602. The average molecular weight is 198 g/mol. The van der Waals surface area contributed by atoms with E-state index in [2.05, 4.69) is 21.4 Å². The Kier molecular flexibility index (Phi) is 4.36. The summed E-state index contributed by atoms with van der Waals surface area (Å²) < 4.78 is 4.38. The summed E-state index contributed by atoms with van der Waals surface area (Å²) in [5.41, 5.74) is 0. The van der Waals surface area contributed by atoms with Crippen LogP contribution in [0.4, 0.5) is 0 Å². The van der Waals surface area contributed by atoms with Crippen molar-refractivity contribution in [1.82, 2.24) is 4.90 Å². The molecular formula is C10H18N2S. The van der Waals surface area contributed by atoms with E-state index in [9.17, 15) is 0 Å². The Labute approximate surface area is 85.2 Å². The molecule has 74 valence electrons. The molecule has 1 unspecified atom stereocenters. The maximum absolute atomic E-state index is 4.38. The fraction of sp³-hybridized carbons (Fsp3) is 0.700. The standard InChI is InChI=1S/C8H12N2S.C2H6/c1-2-4-7-9-11-8-5-3-6-10(7)8;1-2/h2,4,8H,3,5-6H2,1H3;1-2H3/b4-2+;. The Bertz CT molecular complexity index is 211. The molecule has 0 aromatic carbocycles. The van der Waals surface area contributed by atoms with Gasteiger partial charge in [-0.1, -0.05) is 19.9 Å². The van der Waals surface area contributed by atoms with E-state index in [-0.39, 0.29) is 0 Å². The van der Waals surface area contributed by atoms with Crippen LogP contribution in [0.2, 0.25) is 0 Å². The molecule has 0 aromatic rings. The lowest BCUT2D eigenvalue weighted by Crippen LogP contribution is -2.27. The molecule has 3 heteroatoms. The second-order valence-electron chi connectivity index (χ2n) is 2.85.